The number of aromatic nitrogens is 2. The van der Waals surface area contributed by atoms with Crippen molar-refractivity contribution >= 4 is 27.5 Å². The van der Waals surface area contributed by atoms with E-state index < -0.39 is 72.1 Å². The van der Waals surface area contributed by atoms with Crippen molar-refractivity contribution in [3.8, 4) is 5.69 Å². The molecule has 0 saturated carbocycles. The predicted molar refractivity (Wildman–Crippen MR) is 106 cm³/mol. The molecule has 9 nitrogen and oxygen atoms in total. The van der Waals surface area contributed by atoms with E-state index in [9.17, 15) is 36.0 Å². The van der Waals surface area contributed by atoms with E-state index in [1.807, 2.05) is 0 Å². The van der Waals surface area contributed by atoms with Crippen molar-refractivity contribution in [2.45, 2.75) is 31.0 Å². The average Bonchev–Trinajstić information content (AvgIpc) is 2.64. The summed E-state index contributed by atoms with van der Waals surface area (Å²) < 4.78 is 81.2. The van der Waals surface area contributed by atoms with Gasteiger partial charge >= 0.3 is 11.9 Å². The second kappa shape index (κ2) is 8.33. The third-order valence-electron chi connectivity index (χ3n) is 4.62. The van der Waals surface area contributed by atoms with E-state index in [0.717, 1.165) is 7.05 Å². The Morgan fingerprint density at radius 1 is 1.22 bits per heavy atom. The van der Waals surface area contributed by atoms with Crippen molar-refractivity contribution < 1.29 is 30.8 Å². The number of halogens is 5. The van der Waals surface area contributed by atoms with Gasteiger partial charge in [-0.05, 0) is 19.9 Å². The maximum atomic E-state index is 15.4. The van der Waals surface area contributed by atoms with Gasteiger partial charge in [-0.2, -0.15) is 17.5 Å². The molecule has 32 heavy (non-hydrogen) atoms. The predicted octanol–water partition coefficient (Wildman–Crippen LogP) is 1.48. The van der Waals surface area contributed by atoms with E-state index >= 15 is 4.39 Å². The lowest BCUT2D eigenvalue weighted by Crippen LogP contribution is -2.41. The maximum absolute atomic E-state index is 15.4. The highest BCUT2D eigenvalue weighted by Crippen LogP contribution is 2.34. The lowest BCUT2D eigenvalue weighted by molar-refractivity contribution is -0.144. The van der Waals surface area contributed by atoms with Gasteiger partial charge in [0.1, 0.15) is 10.6 Å². The molecule has 0 unspecified atom stereocenters. The Kier molecular flexibility index (Phi) is 6.65. The number of alkyl halides is 3. The van der Waals surface area contributed by atoms with Gasteiger partial charge in [0, 0.05) is 26.2 Å². The van der Waals surface area contributed by atoms with Gasteiger partial charge in [0.05, 0.1) is 16.3 Å². The summed E-state index contributed by atoms with van der Waals surface area (Å²) in [6.07, 6.45) is -5.09. The zero-order valence-electron chi connectivity index (χ0n) is 17.0. The van der Waals surface area contributed by atoms with Crippen LogP contribution in [0.3, 0.4) is 0 Å². The van der Waals surface area contributed by atoms with Crippen molar-refractivity contribution in [3.63, 3.8) is 0 Å². The fraction of sp³-hybridized carbons (Fsp3) is 0.353. The number of primary amides is 1. The summed E-state index contributed by atoms with van der Waals surface area (Å²) in [4.78, 5) is 35.4. The SMILES string of the molecule is CC(C)N(C)S(=O)(=O)c1c(F)c(-n2c(=O)cc(C(F)(F)F)n(C)c2=O)cc(C(N)=O)c1Cl. The third-order valence-corrected chi connectivity index (χ3v) is 7.21. The summed E-state index contributed by atoms with van der Waals surface area (Å²) in [5.74, 6) is -3.07. The molecule has 0 aliphatic carbocycles. The number of rotatable bonds is 5. The van der Waals surface area contributed by atoms with E-state index in [0.29, 0.717) is 17.4 Å². The van der Waals surface area contributed by atoms with Gasteiger partial charge in [-0.25, -0.2) is 22.2 Å². The first-order chi connectivity index (χ1) is 14.4. The molecule has 2 N–H and O–H groups in total. The maximum Gasteiger partial charge on any atom is 0.431 e. The Labute approximate surface area is 183 Å². The monoisotopic (exact) mass is 500 g/mol. The second-order valence-corrected chi connectivity index (χ2v) is 9.23. The van der Waals surface area contributed by atoms with Crippen molar-refractivity contribution in [1.82, 2.24) is 13.4 Å². The number of benzene rings is 1. The average molecular weight is 501 g/mol. The third kappa shape index (κ3) is 4.17. The van der Waals surface area contributed by atoms with Gasteiger partial charge < -0.3 is 5.73 Å². The minimum atomic E-state index is -5.09. The molecule has 0 radical (unpaired) electrons. The summed E-state index contributed by atoms with van der Waals surface area (Å²) in [6.45, 7) is 2.89. The van der Waals surface area contributed by atoms with Crippen LogP contribution in [0.15, 0.2) is 26.6 Å². The van der Waals surface area contributed by atoms with E-state index in [-0.39, 0.29) is 15.2 Å². The molecule has 0 aliphatic heterocycles. The summed E-state index contributed by atoms with van der Waals surface area (Å²) in [6, 6.07) is -0.170. The molecule has 15 heteroatoms. The molecule has 2 aromatic rings. The van der Waals surface area contributed by atoms with Crippen LogP contribution in [0, 0.1) is 5.82 Å². The van der Waals surface area contributed by atoms with Crippen LogP contribution in [0.2, 0.25) is 5.02 Å². The second-order valence-electron chi connectivity index (χ2n) is 6.92. The van der Waals surface area contributed by atoms with Crippen molar-refractivity contribution in [2.24, 2.45) is 12.8 Å². The summed E-state index contributed by atoms with van der Waals surface area (Å²) >= 11 is 5.93. The largest absolute Gasteiger partial charge is 0.431 e. The number of nitrogens with zero attached hydrogens (tertiary/aromatic N) is 3. The molecule has 0 fully saturated rings. The molecule has 0 saturated heterocycles. The van der Waals surface area contributed by atoms with Crippen LogP contribution in [0.5, 0.6) is 0 Å². The smallest absolute Gasteiger partial charge is 0.366 e. The zero-order chi connectivity index (χ0) is 24.9. The summed E-state index contributed by atoms with van der Waals surface area (Å²) in [5, 5.41) is -0.914. The molecule has 176 valence electrons. The highest BCUT2D eigenvalue weighted by atomic mass is 35.5. The quantitative estimate of drug-likeness (QED) is 0.623. The van der Waals surface area contributed by atoms with Crippen molar-refractivity contribution in [3.05, 3.63) is 55.1 Å². The first kappa shape index (κ1) is 25.5. The standard InChI is InChI=1S/C17H17ClF4N4O5S/c1-7(2)25(4)32(30,31)14-12(18)8(15(23)28)5-9(13(14)19)26-11(27)6-10(17(20,21)22)24(3)16(26)29/h5-7H,1-4H3,(H2,23,28). The summed E-state index contributed by atoms with van der Waals surface area (Å²) in [5.41, 5.74) is -1.61. The number of sulfonamides is 1. The molecule has 1 heterocycles. The van der Waals surface area contributed by atoms with Crippen LogP contribution < -0.4 is 17.0 Å². The molecule has 0 spiro atoms. The first-order valence-electron chi connectivity index (χ1n) is 8.65. The highest BCUT2D eigenvalue weighted by molar-refractivity contribution is 7.89. The molecular formula is C17H17ClF4N4O5S. The van der Waals surface area contributed by atoms with Crippen molar-refractivity contribution in [2.75, 3.05) is 7.05 Å². The topological polar surface area (TPSA) is 124 Å². The van der Waals surface area contributed by atoms with Crippen molar-refractivity contribution in [1.29, 1.82) is 0 Å². The molecular weight excluding hydrogens is 484 g/mol. The minimum absolute atomic E-state index is 0.0216. The fourth-order valence-corrected chi connectivity index (χ4v) is 4.74. The number of nitrogens with two attached hydrogens (primary N) is 1. The number of hydrogen-bond acceptors (Lipinski definition) is 5. The molecule has 1 aromatic carbocycles. The van der Waals surface area contributed by atoms with Gasteiger partial charge in [0.15, 0.2) is 5.82 Å². The normalized spacial score (nSPS) is 12.6. The Bertz CT molecular complexity index is 1330. The molecule has 0 atom stereocenters. The van der Waals surface area contributed by atoms with Crippen LogP contribution in [-0.4, -0.2) is 40.9 Å². The van der Waals surface area contributed by atoms with E-state index in [1.165, 1.54) is 13.8 Å². The Hall–Kier alpha value is -2.71. The van der Waals surface area contributed by atoms with Crippen LogP contribution in [0.1, 0.15) is 29.9 Å². The number of carbonyl (C=O) groups excluding carboxylic acids is 1. The van der Waals surface area contributed by atoms with E-state index in [1.54, 1.807) is 0 Å². The molecule has 0 bridgehead atoms. The minimum Gasteiger partial charge on any atom is -0.366 e. The van der Waals surface area contributed by atoms with Crippen LogP contribution >= 0.6 is 11.6 Å². The van der Waals surface area contributed by atoms with Crippen LogP contribution in [-0.2, 0) is 23.2 Å². The fourth-order valence-electron chi connectivity index (χ4n) is 2.71. The van der Waals surface area contributed by atoms with Gasteiger partial charge in [-0.3, -0.25) is 14.2 Å². The van der Waals surface area contributed by atoms with E-state index in [2.05, 4.69) is 0 Å². The number of carbonyl (C=O) groups is 1. The van der Waals surface area contributed by atoms with Gasteiger partial charge in [0.25, 0.3) is 5.56 Å². The molecule has 1 amide bonds. The van der Waals surface area contributed by atoms with Gasteiger partial charge in [0.2, 0.25) is 15.9 Å². The lowest BCUT2D eigenvalue weighted by atomic mass is 10.1. The van der Waals surface area contributed by atoms with E-state index in [4.69, 9.17) is 17.3 Å². The Balaban J connectivity index is 3.09. The van der Waals surface area contributed by atoms with Crippen LogP contribution in [0.4, 0.5) is 17.6 Å². The Morgan fingerprint density at radius 2 is 1.75 bits per heavy atom. The lowest BCUT2D eigenvalue weighted by Gasteiger charge is -2.23. The molecule has 0 aliphatic rings. The zero-order valence-corrected chi connectivity index (χ0v) is 18.6. The number of hydrogen-bond donors (Lipinski definition) is 1. The van der Waals surface area contributed by atoms with Gasteiger partial charge in [-0.1, -0.05) is 11.6 Å². The highest BCUT2D eigenvalue weighted by Gasteiger charge is 2.37. The summed E-state index contributed by atoms with van der Waals surface area (Å²) in [7, 11) is -2.99. The molecule has 1 aromatic heterocycles. The first-order valence-corrected chi connectivity index (χ1v) is 10.5. The molecule has 2 rings (SSSR count). The van der Waals surface area contributed by atoms with Gasteiger partial charge in [-0.15, -0.1) is 0 Å². The Morgan fingerprint density at radius 3 is 2.19 bits per heavy atom. The van der Waals surface area contributed by atoms with Crippen LogP contribution in [0.25, 0.3) is 5.69 Å². The number of amides is 1.